The van der Waals surface area contributed by atoms with Crippen molar-refractivity contribution in [3.63, 3.8) is 0 Å². The number of benzene rings is 1. The molecule has 0 unspecified atom stereocenters. The minimum absolute atomic E-state index is 0.204. The highest BCUT2D eigenvalue weighted by molar-refractivity contribution is 7.99. The minimum atomic E-state index is 0.204. The first kappa shape index (κ1) is 21.3. The number of fused-ring (bicyclic) bond motifs is 2. The lowest BCUT2D eigenvalue weighted by atomic mass is 9.65. The third-order valence-corrected chi connectivity index (χ3v) is 7.65. The molecule has 1 saturated heterocycles. The summed E-state index contributed by atoms with van der Waals surface area (Å²) < 4.78 is 7.63. The molecule has 0 spiro atoms. The number of rotatable bonds is 6. The molecular formula is C25H30N4O2S. The zero-order valence-electron chi connectivity index (χ0n) is 19.0. The van der Waals surface area contributed by atoms with E-state index in [4.69, 9.17) is 4.42 Å². The van der Waals surface area contributed by atoms with Gasteiger partial charge in [-0.2, -0.15) is 0 Å². The van der Waals surface area contributed by atoms with Crippen molar-refractivity contribution in [3.8, 4) is 11.6 Å². The van der Waals surface area contributed by atoms with Crippen molar-refractivity contribution >= 4 is 17.7 Å². The highest BCUT2D eigenvalue weighted by Gasteiger charge is 2.50. The van der Waals surface area contributed by atoms with Crippen LogP contribution in [0, 0.1) is 10.8 Å². The van der Waals surface area contributed by atoms with Gasteiger partial charge in [-0.3, -0.25) is 9.36 Å². The van der Waals surface area contributed by atoms with E-state index in [-0.39, 0.29) is 11.3 Å². The standard InChI is InChI=1S/C25H30N4O2S/c1-24(2)12-19-13-25(3,16-24)17-29(19)21(30)15-32-23-27-26-22(20-10-7-11-31-20)28(23)14-18-8-5-4-6-9-18/h4-11,19H,12-17H2,1-3H3/t19-,25+/m0/s1. The summed E-state index contributed by atoms with van der Waals surface area (Å²) in [5.41, 5.74) is 1.69. The molecular weight excluding hydrogens is 420 g/mol. The van der Waals surface area contributed by atoms with Gasteiger partial charge >= 0.3 is 0 Å². The van der Waals surface area contributed by atoms with Gasteiger partial charge in [-0.15, -0.1) is 10.2 Å². The van der Waals surface area contributed by atoms with Crippen LogP contribution in [0.25, 0.3) is 11.6 Å². The van der Waals surface area contributed by atoms with Crippen LogP contribution in [0.5, 0.6) is 0 Å². The van der Waals surface area contributed by atoms with Crippen LogP contribution in [0.15, 0.2) is 58.3 Å². The lowest BCUT2D eigenvalue weighted by molar-refractivity contribution is -0.129. The summed E-state index contributed by atoms with van der Waals surface area (Å²) >= 11 is 1.47. The summed E-state index contributed by atoms with van der Waals surface area (Å²) in [4.78, 5) is 15.4. The molecule has 2 bridgehead atoms. The van der Waals surface area contributed by atoms with E-state index in [1.54, 1.807) is 6.26 Å². The highest BCUT2D eigenvalue weighted by Crippen LogP contribution is 2.52. The van der Waals surface area contributed by atoms with Crippen LogP contribution in [-0.4, -0.2) is 43.9 Å². The third-order valence-electron chi connectivity index (χ3n) is 6.70. The van der Waals surface area contributed by atoms with E-state index < -0.39 is 0 Å². The van der Waals surface area contributed by atoms with Crippen molar-refractivity contribution in [1.82, 2.24) is 19.7 Å². The maximum absolute atomic E-state index is 13.2. The average molecular weight is 451 g/mol. The molecule has 2 fully saturated rings. The fraction of sp³-hybridized carbons (Fsp3) is 0.480. The van der Waals surface area contributed by atoms with Gasteiger partial charge in [0.2, 0.25) is 11.7 Å². The first-order valence-corrected chi connectivity index (χ1v) is 12.2. The van der Waals surface area contributed by atoms with Gasteiger partial charge in [0.25, 0.3) is 0 Å². The molecule has 1 amide bonds. The Hall–Kier alpha value is -2.54. The third kappa shape index (κ3) is 4.22. The SMILES string of the molecule is CC1(C)C[C@H]2C[C@@](C)(CN2C(=O)CSc2nnc(-c3ccco3)n2Cc2ccccc2)C1. The van der Waals surface area contributed by atoms with E-state index in [1.807, 2.05) is 34.9 Å². The van der Waals surface area contributed by atoms with Crippen LogP contribution >= 0.6 is 11.8 Å². The molecule has 2 atom stereocenters. The van der Waals surface area contributed by atoms with Crippen LogP contribution in [0.2, 0.25) is 0 Å². The van der Waals surface area contributed by atoms with Crippen LogP contribution < -0.4 is 0 Å². The second-order valence-electron chi connectivity index (χ2n) is 10.4. The van der Waals surface area contributed by atoms with Gasteiger partial charge in [-0.05, 0) is 47.8 Å². The van der Waals surface area contributed by atoms with E-state index in [0.29, 0.717) is 35.3 Å². The number of hydrogen-bond donors (Lipinski definition) is 0. The van der Waals surface area contributed by atoms with E-state index in [2.05, 4.69) is 48.0 Å². The largest absolute Gasteiger partial charge is 0.461 e. The smallest absolute Gasteiger partial charge is 0.233 e. The lowest BCUT2D eigenvalue weighted by Gasteiger charge is -2.39. The second kappa shape index (κ2) is 8.10. The number of thioether (sulfide) groups is 1. The number of amides is 1. The number of aromatic nitrogens is 3. The van der Waals surface area contributed by atoms with Gasteiger partial charge in [0.1, 0.15) is 0 Å². The number of carbonyl (C=O) groups excluding carboxylic acids is 1. The number of likely N-dealkylation sites (tertiary alicyclic amines) is 1. The van der Waals surface area contributed by atoms with E-state index in [0.717, 1.165) is 30.1 Å². The summed E-state index contributed by atoms with van der Waals surface area (Å²) in [6, 6.07) is 14.3. The molecule has 0 radical (unpaired) electrons. The quantitative estimate of drug-likeness (QED) is 0.489. The summed E-state index contributed by atoms with van der Waals surface area (Å²) in [6.45, 7) is 8.51. The second-order valence-corrected chi connectivity index (χ2v) is 11.3. The normalized spacial score (nSPS) is 24.1. The molecule has 0 N–H and O–H groups in total. The van der Waals surface area contributed by atoms with Crippen molar-refractivity contribution in [2.45, 2.75) is 57.8 Å². The van der Waals surface area contributed by atoms with Gasteiger partial charge in [0.05, 0.1) is 18.6 Å². The first-order chi connectivity index (χ1) is 15.3. The van der Waals surface area contributed by atoms with Crippen LogP contribution in [0.1, 0.15) is 45.6 Å². The molecule has 3 heterocycles. The molecule has 2 aliphatic rings. The molecule has 1 saturated carbocycles. The van der Waals surface area contributed by atoms with E-state index >= 15 is 0 Å². The molecule has 3 aromatic rings. The van der Waals surface area contributed by atoms with Crippen molar-refractivity contribution in [3.05, 3.63) is 54.3 Å². The van der Waals surface area contributed by atoms with Crippen LogP contribution in [-0.2, 0) is 11.3 Å². The van der Waals surface area contributed by atoms with Crippen LogP contribution in [0.4, 0.5) is 0 Å². The molecule has 1 aliphatic heterocycles. The number of furan rings is 1. The molecule has 168 valence electrons. The Bertz CT molecular complexity index is 1090. The summed E-state index contributed by atoms with van der Waals surface area (Å²) in [7, 11) is 0. The van der Waals surface area contributed by atoms with Crippen LogP contribution in [0.3, 0.4) is 0 Å². The number of carbonyl (C=O) groups is 1. The zero-order chi connectivity index (χ0) is 22.3. The van der Waals surface area contributed by atoms with Gasteiger partial charge < -0.3 is 9.32 Å². The summed E-state index contributed by atoms with van der Waals surface area (Å²) in [6.07, 6.45) is 5.04. The van der Waals surface area contributed by atoms with Crippen molar-refractivity contribution in [2.24, 2.45) is 10.8 Å². The summed E-state index contributed by atoms with van der Waals surface area (Å²) in [5.74, 6) is 1.93. The predicted octanol–water partition coefficient (Wildman–Crippen LogP) is 5.11. The maximum atomic E-state index is 13.2. The first-order valence-electron chi connectivity index (χ1n) is 11.3. The van der Waals surface area contributed by atoms with E-state index in [1.165, 1.54) is 18.2 Å². The lowest BCUT2D eigenvalue weighted by Crippen LogP contribution is -2.38. The maximum Gasteiger partial charge on any atom is 0.233 e. The summed E-state index contributed by atoms with van der Waals surface area (Å²) in [5, 5.41) is 9.54. The Balaban J connectivity index is 1.34. The number of nitrogens with zero attached hydrogens (tertiary/aromatic N) is 4. The predicted molar refractivity (Wildman–Crippen MR) is 125 cm³/mol. The molecule has 32 heavy (non-hydrogen) atoms. The molecule has 1 aliphatic carbocycles. The van der Waals surface area contributed by atoms with Crippen molar-refractivity contribution in [1.29, 1.82) is 0 Å². The van der Waals surface area contributed by atoms with Gasteiger partial charge in [0, 0.05) is 12.6 Å². The molecule has 5 rings (SSSR count). The Kier molecular flexibility index (Phi) is 5.40. The van der Waals surface area contributed by atoms with Gasteiger partial charge in [-0.25, -0.2) is 0 Å². The average Bonchev–Trinajstić information content (AvgIpc) is 3.44. The fourth-order valence-corrected chi connectivity index (χ4v) is 6.68. The molecule has 2 aromatic heterocycles. The molecule has 7 heteroatoms. The monoisotopic (exact) mass is 450 g/mol. The van der Waals surface area contributed by atoms with Crippen molar-refractivity contribution < 1.29 is 9.21 Å². The van der Waals surface area contributed by atoms with Gasteiger partial charge in [-0.1, -0.05) is 62.9 Å². The molecule has 1 aromatic carbocycles. The van der Waals surface area contributed by atoms with E-state index in [9.17, 15) is 4.79 Å². The van der Waals surface area contributed by atoms with Gasteiger partial charge in [0.15, 0.2) is 10.9 Å². The minimum Gasteiger partial charge on any atom is -0.461 e. The zero-order valence-corrected chi connectivity index (χ0v) is 19.8. The highest BCUT2D eigenvalue weighted by atomic mass is 32.2. The topological polar surface area (TPSA) is 64.2 Å². The molecule has 6 nitrogen and oxygen atoms in total. The Morgan fingerprint density at radius 2 is 1.94 bits per heavy atom. The fourth-order valence-electron chi connectivity index (χ4n) is 5.85. The Labute approximate surface area is 193 Å². The van der Waals surface area contributed by atoms with Crippen molar-refractivity contribution in [2.75, 3.05) is 12.3 Å². The Morgan fingerprint density at radius 1 is 1.12 bits per heavy atom. The Morgan fingerprint density at radius 3 is 2.69 bits per heavy atom. The number of hydrogen-bond acceptors (Lipinski definition) is 5.